The molecular formula is C26H50O4. The van der Waals surface area contributed by atoms with E-state index in [4.69, 9.17) is 9.47 Å². The highest BCUT2D eigenvalue weighted by Crippen LogP contribution is 2.33. The van der Waals surface area contributed by atoms with Crippen LogP contribution in [0.3, 0.4) is 0 Å². The minimum atomic E-state index is -0.0624. The van der Waals surface area contributed by atoms with Gasteiger partial charge in [0.1, 0.15) is 0 Å². The van der Waals surface area contributed by atoms with Crippen LogP contribution in [0.4, 0.5) is 0 Å². The van der Waals surface area contributed by atoms with E-state index in [0.29, 0.717) is 49.2 Å². The molecule has 4 nitrogen and oxygen atoms in total. The third kappa shape index (κ3) is 14.0. The minimum Gasteiger partial charge on any atom is -0.465 e. The molecule has 0 aliphatic heterocycles. The number of hydrogen-bond donors (Lipinski definition) is 0. The maximum atomic E-state index is 12.7. The van der Waals surface area contributed by atoms with Gasteiger partial charge >= 0.3 is 11.9 Å². The molecule has 0 fully saturated rings. The first-order valence-corrected chi connectivity index (χ1v) is 12.4. The van der Waals surface area contributed by atoms with Crippen molar-refractivity contribution in [3.63, 3.8) is 0 Å². The molecule has 0 amide bonds. The molecule has 0 aromatic rings. The van der Waals surface area contributed by atoms with Gasteiger partial charge in [-0.05, 0) is 42.4 Å². The average molecular weight is 427 g/mol. The summed E-state index contributed by atoms with van der Waals surface area (Å²) >= 11 is 0. The molecule has 0 heterocycles. The van der Waals surface area contributed by atoms with E-state index in [2.05, 4.69) is 55.4 Å². The van der Waals surface area contributed by atoms with Crippen LogP contribution in [-0.2, 0) is 19.1 Å². The Hall–Kier alpha value is -1.06. The number of esters is 2. The molecule has 0 spiro atoms. The smallest absolute Gasteiger partial charge is 0.309 e. The Kier molecular flexibility index (Phi) is 16.0. The van der Waals surface area contributed by atoms with Crippen LogP contribution in [0.25, 0.3) is 0 Å². The highest BCUT2D eigenvalue weighted by molar-refractivity contribution is 5.73. The van der Waals surface area contributed by atoms with Crippen molar-refractivity contribution in [2.24, 2.45) is 35.5 Å². The number of unbranched alkanes of at least 4 members (excludes halogenated alkanes) is 5. The van der Waals surface area contributed by atoms with Crippen LogP contribution in [0.5, 0.6) is 0 Å². The number of hydrogen-bond acceptors (Lipinski definition) is 4. The third-order valence-corrected chi connectivity index (χ3v) is 5.61. The Balaban J connectivity index is 4.20. The lowest BCUT2D eigenvalue weighted by Crippen LogP contribution is -2.34. The second-order valence-corrected chi connectivity index (χ2v) is 10.4. The van der Waals surface area contributed by atoms with Crippen molar-refractivity contribution in [1.29, 1.82) is 0 Å². The van der Waals surface area contributed by atoms with E-state index < -0.39 is 0 Å². The van der Waals surface area contributed by atoms with E-state index in [1.165, 1.54) is 12.8 Å². The maximum absolute atomic E-state index is 12.7. The molecule has 0 aromatic carbocycles. The van der Waals surface area contributed by atoms with Gasteiger partial charge < -0.3 is 9.47 Å². The van der Waals surface area contributed by atoms with Crippen LogP contribution in [0.2, 0.25) is 0 Å². The van der Waals surface area contributed by atoms with E-state index in [9.17, 15) is 9.59 Å². The van der Waals surface area contributed by atoms with E-state index in [-0.39, 0.29) is 17.9 Å². The van der Waals surface area contributed by atoms with Gasteiger partial charge in [0.2, 0.25) is 0 Å². The van der Waals surface area contributed by atoms with Crippen LogP contribution in [-0.4, -0.2) is 25.2 Å². The standard InChI is InChI=1S/C26H50O4/c1-19(2)17-29-24(27)16-14-12-10-9-11-13-15-23(21(5)6)25(22(7)8)26(28)30-18-20(3)4/h19-23,25H,9-18H2,1-8H3. The van der Waals surface area contributed by atoms with Gasteiger partial charge in [-0.2, -0.15) is 0 Å². The topological polar surface area (TPSA) is 52.6 Å². The van der Waals surface area contributed by atoms with Gasteiger partial charge in [0, 0.05) is 6.42 Å². The lowest BCUT2D eigenvalue weighted by molar-refractivity contribution is -0.154. The van der Waals surface area contributed by atoms with Crippen LogP contribution in [0.15, 0.2) is 0 Å². The molecule has 4 heteroatoms. The Bertz CT molecular complexity index is 454. The molecule has 0 rings (SSSR count). The van der Waals surface area contributed by atoms with Gasteiger partial charge in [-0.15, -0.1) is 0 Å². The number of carbonyl (C=O) groups is 2. The van der Waals surface area contributed by atoms with Crippen molar-refractivity contribution in [1.82, 2.24) is 0 Å². The van der Waals surface area contributed by atoms with Crippen molar-refractivity contribution in [2.45, 2.75) is 107 Å². The second kappa shape index (κ2) is 16.6. The lowest BCUT2D eigenvalue weighted by Gasteiger charge is -2.31. The first-order chi connectivity index (χ1) is 14.1. The van der Waals surface area contributed by atoms with Crippen LogP contribution < -0.4 is 0 Å². The molecular weight excluding hydrogens is 376 g/mol. The van der Waals surface area contributed by atoms with Gasteiger partial charge in [-0.25, -0.2) is 0 Å². The lowest BCUT2D eigenvalue weighted by atomic mass is 9.74. The summed E-state index contributed by atoms with van der Waals surface area (Å²) in [5.74, 6) is 1.83. The number of ether oxygens (including phenoxy) is 2. The van der Waals surface area contributed by atoms with Crippen molar-refractivity contribution in [3.8, 4) is 0 Å². The number of carbonyl (C=O) groups excluding carboxylic acids is 2. The fourth-order valence-corrected chi connectivity index (χ4v) is 3.90. The molecule has 0 aliphatic rings. The number of rotatable bonds is 17. The Morgan fingerprint density at radius 1 is 0.633 bits per heavy atom. The first-order valence-electron chi connectivity index (χ1n) is 12.4. The molecule has 0 saturated carbocycles. The summed E-state index contributed by atoms with van der Waals surface area (Å²) in [5.41, 5.74) is 0. The van der Waals surface area contributed by atoms with Gasteiger partial charge in [0.05, 0.1) is 19.1 Å². The van der Waals surface area contributed by atoms with Gasteiger partial charge in [-0.1, -0.05) is 87.5 Å². The van der Waals surface area contributed by atoms with E-state index in [1.807, 2.05) is 0 Å². The summed E-state index contributed by atoms with van der Waals surface area (Å²) in [6.45, 7) is 18.0. The normalized spacial score (nSPS) is 13.9. The molecule has 0 aromatic heterocycles. The van der Waals surface area contributed by atoms with Crippen LogP contribution in [0, 0.1) is 35.5 Å². The van der Waals surface area contributed by atoms with Crippen molar-refractivity contribution >= 4 is 11.9 Å². The molecule has 0 saturated heterocycles. The Morgan fingerprint density at radius 3 is 1.63 bits per heavy atom. The Morgan fingerprint density at radius 2 is 1.13 bits per heavy atom. The van der Waals surface area contributed by atoms with Crippen LogP contribution >= 0.6 is 0 Å². The molecule has 0 bridgehead atoms. The molecule has 0 aliphatic carbocycles. The highest BCUT2D eigenvalue weighted by Gasteiger charge is 2.33. The van der Waals surface area contributed by atoms with Gasteiger partial charge in [-0.3, -0.25) is 9.59 Å². The quantitative estimate of drug-likeness (QED) is 0.185. The maximum Gasteiger partial charge on any atom is 0.309 e. The summed E-state index contributed by atoms with van der Waals surface area (Å²) in [5, 5.41) is 0. The van der Waals surface area contributed by atoms with E-state index in [0.717, 1.165) is 32.1 Å². The molecule has 30 heavy (non-hydrogen) atoms. The molecule has 0 radical (unpaired) electrons. The largest absolute Gasteiger partial charge is 0.465 e. The van der Waals surface area contributed by atoms with Crippen molar-refractivity contribution in [3.05, 3.63) is 0 Å². The highest BCUT2D eigenvalue weighted by atomic mass is 16.5. The summed E-state index contributed by atoms with van der Waals surface area (Å²) in [6.07, 6.45) is 8.31. The Labute approximate surface area is 186 Å². The zero-order chi connectivity index (χ0) is 23.1. The zero-order valence-electron chi connectivity index (χ0n) is 21.2. The fourth-order valence-electron chi connectivity index (χ4n) is 3.90. The third-order valence-electron chi connectivity index (χ3n) is 5.61. The average Bonchev–Trinajstić information content (AvgIpc) is 2.64. The van der Waals surface area contributed by atoms with Gasteiger partial charge in [0.25, 0.3) is 0 Å². The van der Waals surface area contributed by atoms with Gasteiger partial charge in [0.15, 0.2) is 0 Å². The summed E-state index contributed by atoms with van der Waals surface area (Å²) in [6, 6.07) is 0. The van der Waals surface area contributed by atoms with Crippen molar-refractivity contribution in [2.75, 3.05) is 13.2 Å². The molecule has 2 unspecified atom stereocenters. The molecule has 0 N–H and O–H groups in total. The second-order valence-electron chi connectivity index (χ2n) is 10.4. The SMILES string of the molecule is CC(C)COC(=O)CCCCCCCCC(C(C)C)C(C(=O)OCC(C)C)C(C)C. The van der Waals surface area contributed by atoms with Crippen molar-refractivity contribution < 1.29 is 19.1 Å². The predicted molar refractivity (Wildman–Crippen MR) is 125 cm³/mol. The van der Waals surface area contributed by atoms with Crippen LogP contribution in [0.1, 0.15) is 107 Å². The molecule has 178 valence electrons. The molecule has 2 atom stereocenters. The minimum absolute atomic E-state index is 0.0123. The monoisotopic (exact) mass is 426 g/mol. The summed E-state index contributed by atoms with van der Waals surface area (Å²) < 4.78 is 10.8. The zero-order valence-corrected chi connectivity index (χ0v) is 21.2. The first kappa shape index (κ1) is 28.9. The van der Waals surface area contributed by atoms with E-state index in [1.54, 1.807) is 0 Å². The van der Waals surface area contributed by atoms with E-state index >= 15 is 0 Å². The summed E-state index contributed by atoms with van der Waals surface area (Å²) in [7, 11) is 0. The fraction of sp³-hybridized carbons (Fsp3) is 0.923. The summed E-state index contributed by atoms with van der Waals surface area (Å²) in [4.78, 5) is 24.3. The predicted octanol–water partition coefficient (Wildman–Crippen LogP) is 7.05.